The Morgan fingerprint density at radius 1 is 1.36 bits per heavy atom. The van der Waals surface area contributed by atoms with E-state index in [-0.39, 0.29) is 0 Å². The highest BCUT2D eigenvalue weighted by molar-refractivity contribution is 5.40. The van der Waals surface area contributed by atoms with Crippen LogP contribution < -0.4 is 10.6 Å². The van der Waals surface area contributed by atoms with Gasteiger partial charge in [-0.25, -0.2) is 4.98 Å². The van der Waals surface area contributed by atoms with E-state index in [0.717, 1.165) is 24.5 Å². The Morgan fingerprint density at radius 3 is 2.79 bits per heavy atom. The first kappa shape index (κ1) is 10.6. The molecule has 0 saturated carbocycles. The van der Waals surface area contributed by atoms with Crippen LogP contribution in [0.2, 0.25) is 0 Å². The highest BCUT2D eigenvalue weighted by atomic mass is 15.0. The molecule has 14 heavy (non-hydrogen) atoms. The van der Waals surface area contributed by atoms with Gasteiger partial charge in [-0.3, -0.25) is 0 Å². The second-order valence-corrected chi connectivity index (χ2v) is 2.84. The molecule has 0 aliphatic heterocycles. The van der Waals surface area contributed by atoms with Gasteiger partial charge < -0.3 is 10.6 Å². The van der Waals surface area contributed by atoms with Gasteiger partial charge in [-0.15, -0.1) is 5.92 Å². The standard InChI is InChI=1S/C11H15N3/c1-3-4-10-5-6-11(14-9-10)13-8-7-12-2/h5-6,9,12H,7-8H2,1-2H3,(H,13,14). The predicted octanol–water partition coefficient (Wildman–Crippen LogP) is 1.08. The van der Waals surface area contributed by atoms with Crippen molar-refractivity contribution in [1.82, 2.24) is 10.3 Å². The monoisotopic (exact) mass is 189 g/mol. The lowest BCUT2D eigenvalue weighted by molar-refractivity contribution is 0.821. The zero-order valence-electron chi connectivity index (χ0n) is 8.59. The summed E-state index contributed by atoms with van der Waals surface area (Å²) in [5.74, 6) is 6.68. The maximum Gasteiger partial charge on any atom is 0.126 e. The highest BCUT2D eigenvalue weighted by Crippen LogP contribution is 2.02. The lowest BCUT2D eigenvalue weighted by Crippen LogP contribution is -2.18. The van der Waals surface area contributed by atoms with Gasteiger partial charge in [0.25, 0.3) is 0 Å². The third-order valence-corrected chi connectivity index (χ3v) is 1.71. The number of nitrogens with zero attached hydrogens (tertiary/aromatic N) is 1. The first-order chi connectivity index (χ1) is 6.86. The molecule has 0 fully saturated rings. The quantitative estimate of drug-likeness (QED) is 0.550. The largest absolute Gasteiger partial charge is 0.369 e. The van der Waals surface area contributed by atoms with Crippen molar-refractivity contribution < 1.29 is 0 Å². The van der Waals surface area contributed by atoms with Crippen molar-refractivity contribution in [3.8, 4) is 11.8 Å². The molecular weight excluding hydrogens is 174 g/mol. The topological polar surface area (TPSA) is 37.0 Å². The molecule has 74 valence electrons. The first-order valence-electron chi connectivity index (χ1n) is 4.64. The molecule has 0 aliphatic carbocycles. The van der Waals surface area contributed by atoms with Crippen LogP contribution in [-0.2, 0) is 0 Å². The summed E-state index contributed by atoms with van der Waals surface area (Å²) in [5, 5.41) is 6.25. The molecule has 1 rings (SSSR count). The third kappa shape index (κ3) is 3.46. The highest BCUT2D eigenvalue weighted by Gasteiger charge is 1.91. The van der Waals surface area contributed by atoms with E-state index in [1.807, 2.05) is 26.1 Å². The number of hydrogen-bond acceptors (Lipinski definition) is 3. The van der Waals surface area contributed by atoms with Gasteiger partial charge >= 0.3 is 0 Å². The van der Waals surface area contributed by atoms with Gasteiger partial charge in [-0.05, 0) is 26.1 Å². The number of nitrogens with one attached hydrogen (secondary N) is 2. The van der Waals surface area contributed by atoms with Crippen LogP contribution >= 0.6 is 0 Å². The molecular formula is C11H15N3. The van der Waals surface area contributed by atoms with Crippen molar-refractivity contribution in [3.63, 3.8) is 0 Å². The maximum absolute atomic E-state index is 4.23. The van der Waals surface area contributed by atoms with Crippen molar-refractivity contribution in [2.24, 2.45) is 0 Å². The zero-order chi connectivity index (χ0) is 10.2. The van der Waals surface area contributed by atoms with E-state index in [0.29, 0.717) is 0 Å². The lowest BCUT2D eigenvalue weighted by atomic mass is 10.3. The van der Waals surface area contributed by atoms with Crippen LogP contribution in [-0.4, -0.2) is 25.1 Å². The van der Waals surface area contributed by atoms with Crippen LogP contribution in [0.4, 0.5) is 5.82 Å². The summed E-state index contributed by atoms with van der Waals surface area (Å²) in [5.41, 5.74) is 0.951. The molecule has 1 aromatic heterocycles. The summed E-state index contributed by atoms with van der Waals surface area (Å²) in [6.07, 6.45) is 1.78. The number of rotatable bonds is 4. The van der Waals surface area contributed by atoms with Crippen LogP contribution in [0.3, 0.4) is 0 Å². The summed E-state index contributed by atoms with van der Waals surface area (Å²) in [4.78, 5) is 4.23. The number of pyridine rings is 1. The maximum atomic E-state index is 4.23. The Morgan fingerprint density at radius 2 is 2.21 bits per heavy atom. The van der Waals surface area contributed by atoms with Crippen LogP contribution in [0.5, 0.6) is 0 Å². The zero-order valence-corrected chi connectivity index (χ0v) is 8.59. The molecule has 0 saturated heterocycles. The average Bonchev–Trinajstić information content (AvgIpc) is 2.21. The minimum atomic E-state index is 0.877. The Bertz CT molecular complexity index is 319. The van der Waals surface area contributed by atoms with E-state index in [9.17, 15) is 0 Å². The summed E-state index contributed by atoms with van der Waals surface area (Å²) in [6, 6.07) is 3.90. The van der Waals surface area contributed by atoms with Crippen LogP contribution in [0.15, 0.2) is 18.3 Å². The molecule has 2 N–H and O–H groups in total. The lowest BCUT2D eigenvalue weighted by Gasteiger charge is -2.03. The summed E-state index contributed by atoms with van der Waals surface area (Å²) in [7, 11) is 1.93. The molecule has 1 aromatic rings. The van der Waals surface area contributed by atoms with Crippen molar-refractivity contribution in [2.75, 3.05) is 25.5 Å². The van der Waals surface area contributed by atoms with E-state index in [4.69, 9.17) is 0 Å². The molecule has 0 bridgehead atoms. The molecule has 0 unspecified atom stereocenters. The number of likely N-dealkylation sites (N-methyl/N-ethyl adjacent to an activating group) is 1. The predicted molar refractivity (Wildman–Crippen MR) is 59.2 cm³/mol. The molecule has 1 heterocycles. The van der Waals surface area contributed by atoms with Gasteiger partial charge in [0.15, 0.2) is 0 Å². The molecule has 0 atom stereocenters. The molecule has 0 amide bonds. The SMILES string of the molecule is CC#Cc1ccc(NCCNC)nc1. The summed E-state index contributed by atoms with van der Waals surface area (Å²) >= 11 is 0. The molecule has 0 spiro atoms. The Hall–Kier alpha value is -1.53. The van der Waals surface area contributed by atoms with Crippen LogP contribution in [0.1, 0.15) is 12.5 Å². The molecule has 0 aliphatic rings. The van der Waals surface area contributed by atoms with Crippen LogP contribution in [0, 0.1) is 11.8 Å². The van der Waals surface area contributed by atoms with Crippen molar-refractivity contribution in [3.05, 3.63) is 23.9 Å². The second kappa shape index (κ2) is 6.01. The first-order valence-corrected chi connectivity index (χ1v) is 4.64. The smallest absolute Gasteiger partial charge is 0.126 e. The Kier molecular flexibility index (Phi) is 4.53. The number of anilines is 1. The Balaban J connectivity index is 2.49. The van der Waals surface area contributed by atoms with E-state index in [1.54, 1.807) is 6.20 Å². The number of aromatic nitrogens is 1. The van der Waals surface area contributed by atoms with E-state index >= 15 is 0 Å². The van der Waals surface area contributed by atoms with Gasteiger partial charge in [-0.2, -0.15) is 0 Å². The van der Waals surface area contributed by atoms with Gasteiger partial charge in [0, 0.05) is 24.8 Å². The molecule has 0 aromatic carbocycles. The number of hydrogen-bond donors (Lipinski definition) is 2. The second-order valence-electron chi connectivity index (χ2n) is 2.84. The Labute approximate surface area is 84.9 Å². The minimum absolute atomic E-state index is 0.877. The fourth-order valence-corrected chi connectivity index (χ4v) is 1.03. The van der Waals surface area contributed by atoms with E-state index in [2.05, 4.69) is 27.5 Å². The molecule has 0 radical (unpaired) electrons. The van der Waals surface area contributed by atoms with Crippen LogP contribution in [0.25, 0.3) is 0 Å². The minimum Gasteiger partial charge on any atom is -0.369 e. The van der Waals surface area contributed by atoms with Crippen molar-refractivity contribution in [1.29, 1.82) is 0 Å². The molecule has 3 nitrogen and oxygen atoms in total. The van der Waals surface area contributed by atoms with E-state index < -0.39 is 0 Å². The van der Waals surface area contributed by atoms with Crippen molar-refractivity contribution >= 4 is 5.82 Å². The summed E-state index contributed by atoms with van der Waals surface area (Å²) < 4.78 is 0. The fourth-order valence-electron chi connectivity index (χ4n) is 1.03. The van der Waals surface area contributed by atoms with Gasteiger partial charge in [0.05, 0.1) is 0 Å². The third-order valence-electron chi connectivity index (χ3n) is 1.71. The fraction of sp³-hybridized carbons (Fsp3) is 0.364. The van der Waals surface area contributed by atoms with Gasteiger partial charge in [0.2, 0.25) is 0 Å². The molecule has 3 heteroatoms. The van der Waals surface area contributed by atoms with Gasteiger partial charge in [0.1, 0.15) is 5.82 Å². The normalized spacial score (nSPS) is 9.00. The van der Waals surface area contributed by atoms with Crippen molar-refractivity contribution in [2.45, 2.75) is 6.92 Å². The average molecular weight is 189 g/mol. The summed E-state index contributed by atoms with van der Waals surface area (Å²) in [6.45, 7) is 3.62. The van der Waals surface area contributed by atoms with Gasteiger partial charge in [-0.1, -0.05) is 5.92 Å². The van der Waals surface area contributed by atoms with E-state index in [1.165, 1.54) is 0 Å².